The Morgan fingerprint density at radius 2 is 2.33 bits per heavy atom. The molecular weight excluding hydrogens is 110 g/mol. The fraction of sp³-hybridized carbons (Fsp3) is 0.500. The van der Waals surface area contributed by atoms with Crippen LogP contribution in [-0.4, -0.2) is 6.04 Å². The van der Waals surface area contributed by atoms with Crippen LogP contribution >= 0.6 is 0 Å². The van der Waals surface area contributed by atoms with Gasteiger partial charge < -0.3 is 5.32 Å². The highest BCUT2D eigenvalue weighted by molar-refractivity contribution is 5.13. The maximum absolute atomic E-state index is 3.29. The number of hydrogen-bond acceptors (Lipinski definition) is 1. The molecule has 0 aromatic carbocycles. The first-order valence-corrected chi connectivity index (χ1v) is 3.56. The van der Waals surface area contributed by atoms with Crippen LogP contribution in [0.15, 0.2) is 24.4 Å². The Hall–Kier alpha value is -0.720. The van der Waals surface area contributed by atoms with Gasteiger partial charge in [-0.3, -0.25) is 0 Å². The first-order valence-electron chi connectivity index (χ1n) is 3.56. The second kappa shape index (κ2) is 1.90. The van der Waals surface area contributed by atoms with Crippen molar-refractivity contribution in [3.63, 3.8) is 0 Å². The van der Waals surface area contributed by atoms with Crippen molar-refractivity contribution in [1.82, 2.24) is 5.32 Å². The zero-order valence-corrected chi connectivity index (χ0v) is 5.38. The summed E-state index contributed by atoms with van der Waals surface area (Å²) in [5.74, 6) is 0.787. The molecule has 1 aliphatic heterocycles. The summed E-state index contributed by atoms with van der Waals surface area (Å²) in [6.07, 6.45) is 11.5. The van der Waals surface area contributed by atoms with Crippen molar-refractivity contribution in [2.24, 2.45) is 5.92 Å². The van der Waals surface area contributed by atoms with Crippen molar-refractivity contribution in [1.29, 1.82) is 0 Å². The number of allylic oxidation sites excluding steroid dienone is 1. The molecule has 1 aliphatic carbocycles. The van der Waals surface area contributed by atoms with Gasteiger partial charge in [0.1, 0.15) is 0 Å². The molecule has 0 bridgehead atoms. The molecule has 0 amide bonds. The Bertz CT molecular complexity index is 158. The van der Waals surface area contributed by atoms with Crippen LogP contribution in [0, 0.1) is 5.92 Å². The first-order chi connectivity index (χ1) is 4.47. The van der Waals surface area contributed by atoms with Gasteiger partial charge in [0, 0.05) is 5.92 Å². The van der Waals surface area contributed by atoms with Crippen LogP contribution in [0.5, 0.6) is 0 Å². The third-order valence-electron chi connectivity index (χ3n) is 2.10. The van der Waals surface area contributed by atoms with Crippen molar-refractivity contribution in [3.05, 3.63) is 24.4 Å². The predicted molar refractivity (Wildman–Crippen MR) is 37.9 cm³/mol. The minimum atomic E-state index is 0.624. The van der Waals surface area contributed by atoms with Gasteiger partial charge in [0.05, 0.1) is 6.04 Å². The van der Waals surface area contributed by atoms with Gasteiger partial charge in [-0.25, -0.2) is 0 Å². The SMILES string of the molecule is C1=CC2NC=CC2CC1. The van der Waals surface area contributed by atoms with Crippen LogP contribution in [0.1, 0.15) is 12.8 Å². The summed E-state index contributed by atoms with van der Waals surface area (Å²) in [5.41, 5.74) is 0. The third-order valence-corrected chi connectivity index (χ3v) is 2.10. The average Bonchev–Trinajstić information content (AvgIpc) is 2.33. The Balaban J connectivity index is 2.16. The Kier molecular flexibility index (Phi) is 1.08. The Labute approximate surface area is 55.5 Å². The van der Waals surface area contributed by atoms with E-state index in [4.69, 9.17) is 0 Å². The standard InChI is InChI=1S/C8H11N/c1-2-4-8-7(3-1)5-6-9-8/h2,4-9H,1,3H2. The van der Waals surface area contributed by atoms with E-state index >= 15 is 0 Å². The van der Waals surface area contributed by atoms with Gasteiger partial charge in [0.15, 0.2) is 0 Å². The zero-order valence-electron chi connectivity index (χ0n) is 5.38. The Morgan fingerprint density at radius 1 is 1.33 bits per heavy atom. The van der Waals surface area contributed by atoms with E-state index in [1.54, 1.807) is 0 Å². The highest BCUT2D eigenvalue weighted by Gasteiger charge is 2.20. The molecule has 1 heteroatoms. The van der Waals surface area contributed by atoms with E-state index < -0.39 is 0 Å². The van der Waals surface area contributed by atoms with Crippen LogP contribution in [0.2, 0.25) is 0 Å². The molecule has 9 heavy (non-hydrogen) atoms. The summed E-state index contributed by atoms with van der Waals surface area (Å²) >= 11 is 0. The van der Waals surface area contributed by atoms with Crippen LogP contribution < -0.4 is 5.32 Å². The van der Waals surface area contributed by atoms with E-state index in [0.717, 1.165) is 5.92 Å². The van der Waals surface area contributed by atoms with Gasteiger partial charge in [-0.05, 0) is 19.0 Å². The number of fused-ring (bicyclic) bond motifs is 1. The fourth-order valence-corrected chi connectivity index (χ4v) is 1.54. The number of rotatable bonds is 0. The van der Waals surface area contributed by atoms with Gasteiger partial charge in [0.2, 0.25) is 0 Å². The summed E-state index contributed by atoms with van der Waals surface area (Å²) in [5, 5.41) is 3.29. The topological polar surface area (TPSA) is 12.0 Å². The normalized spacial score (nSPS) is 38.2. The largest absolute Gasteiger partial charge is 0.384 e. The fourth-order valence-electron chi connectivity index (χ4n) is 1.54. The van der Waals surface area contributed by atoms with Crippen molar-refractivity contribution in [2.45, 2.75) is 18.9 Å². The van der Waals surface area contributed by atoms with Gasteiger partial charge in [-0.15, -0.1) is 0 Å². The lowest BCUT2D eigenvalue weighted by Gasteiger charge is -2.18. The quantitative estimate of drug-likeness (QED) is 0.478. The highest BCUT2D eigenvalue weighted by Crippen LogP contribution is 2.23. The molecule has 48 valence electrons. The van der Waals surface area contributed by atoms with Gasteiger partial charge in [-0.1, -0.05) is 18.2 Å². The molecule has 0 radical (unpaired) electrons. The van der Waals surface area contributed by atoms with Crippen LogP contribution in [0.25, 0.3) is 0 Å². The lowest BCUT2D eigenvalue weighted by molar-refractivity contribution is 0.505. The van der Waals surface area contributed by atoms with Crippen molar-refractivity contribution >= 4 is 0 Å². The van der Waals surface area contributed by atoms with Crippen LogP contribution in [-0.2, 0) is 0 Å². The van der Waals surface area contributed by atoms with Crippen molar-refractivity contribution < 1.29 is 0 Å². The second-order valence-electron chi connectivity index (χ2n) is 2.72. The van der Waals surface area contributed by atoms with E-state index in [9.17, 15) is 0 Å². The maximum Gasteiger partial charge on any atom is 0.0502 e. The molecular formula is C8H11N. The molecule has 0 fully saturated rings. The average molecular weight is 121 g/mol. The molecule has 1 heterocycles. The summed E-state index contributed by atoms with van der Waals surface area (Å²) in [7, 11) is 0. The molecule has 0 saturated carbocycles. The van der Waals surface area contributed by atoms with E-state index in [1.807, 2.05) is 0 Å². The zero-order chi connectivity index (χ0) is 6.10. The minimum absolute atomic E-state index is 0.624. The summed E-state index contributed by atoms with van der Waals surface area (Å²) in [6, 6.07) is 0.624. The van der Waals surface area contributed by atoms with Gasteiger partial charge in [0.25, 0.3) is 0 Å². The lowest BCUT2D eigenvalue weighted by atomic mass is 9.92. The van der Waals surface area contributed by atoms with Gasteiger partial charge >= 0.3 is 0 Å². The molecule has 0 saturated heterocycles. The van der Waals surface area contributed by atoms with E-state index in [1.165, 1.54) is 12.8 Å². The smallest absolute Gasteiger partial charge is 0.0502 e. The maximum atomic E-state index is 3.29. The lowest BCUT2D eigenvalue weighted by Crippen LogP contribution is -2.25. The van der Waals surface area contributed by atoms with Crippen LogP contribution in [0.3, 0.4) is 0 Å². The summed E-state index contributed by atoms with van der Waals surface area (Å²) < 4.78 is 0. The summed E-state index contributed by atoms with van der Waals surface area (Å²) in [4.78, 5) is 0. The molecule has 1 N–H and O–H groups in total. The molecule has 0 spiro atoms. The molecule has 2 atom stereocenters. The van der Waals surface area contributed by atoms with Crippen molar-refractivity contribution in [3.8, 4) is 0 Å². The van der Waals surface area contributed by atoms with Gasteiger partial charge in [-0.2, -0.15) is 0 Å². The Morgan fingerprint density at radius 3 is 3.22 bits per heavy atom. The number of nitrogens with one attached hydrogen (secondary N) is 1. The molecule has 0 aromatic rings. The number of hydrogen-bond donors (Lipinski definition) is 1. The molecule has 2 rings (SSSR count). The first kappa shape index (κ1) is 5.10. The molecule has 1 nitrogen and oxygen atoms in total. The third kappa shape index (κ3) is 0.766. The second-order valence-corrected chi connectivity index (χ2v) is 2.72. The van der Waals surface area contributed by atoms with E-state index in [-0.39, 0.29) is 0 Å². The van der Waals surface area contributed by atoms with Crippen LogP contribution in [0.4, 0.5) is 0 Å². The van der Waals surface area contributed by atoms with Crippen molar-refractivity contribution in [2.75, 3.05) is 0 Å². The monoisotopic (exact) mass is 121 g/mol. The molecule has 0 aromatic heterocycles. The summed E-state index contributed by atoms with van der Waals surface area (Å²) in [6.45, 7) is 0. The highest BCUT2D eigenvalue weighted by atomic mass is 14.9. The minimum Gasteiger partial charge on any atom is -0.384 e. The predicted octanol–water partition coefficient (Wildman–Crippen LogP) is 1.44. The molecule has 2 unspecified atom stereocenters. The van der Waals surface area contributed by atoms with E-state index in [2.05, 4.69) is 29.7 Å². The molecule has 2 aliphatic rings. The van der Waals surface area contributed by atoms with E-state index in [0.29, 0.717) is 6.04 Å².